The van der Waals surface area contributed by atoms with Gasteiger partial charge in [0, 0.05) is 0 Å². The van der Waals surface area contributed by atoms with Crippen LogP contribution in [0.2, 0.25) is 0 Å². The second-order valence-corrected chi connectivity index (χ2v) is 25.1. The molecule has 12 aromatic rings. The van der Waals surface area contributed by atoms with Crippen molar-refractivity contribution in [2.75, 3.05) is 0 Å². The molecule has 0 fully saturated rings. The number of aryl methyl sites for hydroxylation is 2. The van der Waals surface area contributed by atoms with Gasteiger partial charge >= 0.3 is 0 Å². The lowest BCUT2D eigenvalue weighted by molar-refractivity contribution is 0.568. The number of rotatable bonds is 3. The first-order chi connectivity index (χ1) is 33.1. The van der Waals surface area contributed by atoms with E-state index in [9.17, 15) is 0 Å². The fourth-order valence-corrected chi connectivity index (χ4v) is 12.3. The molecule has 0 unspecified atom stereocenters. The average Bonchev–Trinajstić information content (AvgIpc) is 3.79. The molecule has 0 saturated carbocycles. The van der Waals surface area contributed by atoms with Gasteiger partial charge < -0.3 is 0 Å². The monoisotopic (exact) mass is 907 g/mol. The fraction of sp³-hybridized carbons (Fsp3) is 0.257. The minimum atomic E-state index is -0.0590. The summed E-state index contributed by atoms with van der Waals surface area (Å²) < 4.78 is 0. The third-order valence-electron chi connectivity index (χ3n) is 16.1. The Morgan fingerprint density at radius 3 is 1.17 bits per heavy atom. The van der Waals surface area contributed by atoms with Gasteiger partial charge in [0.05, 0.1) is 0 Å². The number of benzene rings is 10. The van der Waals surface area contributed by atoms with Gasteiger partial charge in [-0.05, 0) is 207 Å². The van der Waals surface area contributed by atoms with Gasteiger partial charge in [-0.1, -0.05) is 210 Å². The molecule has 70 heavy (non-hydrogen) atoms. The summed E-state index contributed by atoms with van der Waals surface area (Å²) in [5.74, 6) is 0. The van der Waals surface area contributed by atoms with Gasteiger partial charge in [0.2, 0.25) is 0 Å². The Balaban J connectivity index is 1.38. The van der Waals surface area contributed by atoms with Gasteiger partial charge in [-0.25, -0.2) is 0 Å². The first kappa shape index (κ1) is 44.4. The summed E-state index contributed by atoms with van der Waals surface area (Å²) in [5, 5.41) is 21.2. The molecule has 0 atom stereocenters. The second kappa shape index (κ2) is 14.9. The maximum atomic E-state index is 2.62. The lowest BCUT2D eigenvalue weighted by Crippen LogP contribution is -2.16. The van der Waals surface area contributed by atoms with Crippen LogP contribution in [-0.2, 0) is 21.7 Å². The molecule has 0 heterocycles. The van der Waals surface area contributed by atoms with E-state index in [2.05, 4.69) is 243 Å². The summed E-state index contributed by atoms with van der Waals surface area (Å²) in [6.07, 6.45) is 0. The van der Waals surface area contributed by atoms with Crippen LogP contribution in [-0.4, -0.2) is 0 Å². The van der Waals surface area contributed by atoms with Crippen molar-refractivity contribution in [3.63, 3.8) is 0 Å². The van der Waals surface area contributed by atoms with Crippen molar-refractivity contribution in [3.05, 3.63) is 179 Å². The van der Waals surface area contributed by atoms with Crippen molar-refractivity contribution in [2.45, 2.75) is 119 Å². The molecule has 0 heteroatoms. The van der Waals surface area contributed by atoms with Crippen LogP contribution in [0, 0.1) is 13.8 Å². The predicted molar refractivity (Wildman–Crippen MR) is 309 cm³/mol. The van der Waals surface area contributed by atoms with Gasteiger partial charge in [0.1, 0.15) is 0 Å². The smallest absolute Gasteiger partial charge is 0.000719 e. The quantitative estimate of drug-likeness (QED) is 0.155. The molecule has 346 valence electrons. The molecule has 0 spiro atoms. The summed E-state index contributed by atoms with van der Waals surface area (Å²) in [7, 11) is 0. The van der Waals surface area contributed by atoms with Crippen molar-refractivity contribution in [2.24, 2.45) is 0 Å². The minimum absolute atomic E-state index is 0.0575. The molecule has 0 saturated heterocycles. The van der Waals surface area contributed by atoms with E-state index in [4.69, 9.17) is 0 Å². The highest BCUT2D eigenvalue weighted by molar-refractivity contribution is 6.44. The zero-order valence-electron chi connectivity index (χ0n) is 43.9. The Labute approximate surface area is 415 Å². The highest BCUT2D eigenvalue weighted by Gasteiger charge is 2.30. The fourth-order valence-electron chi connectivity index (χ4n) is 12.3. The lowest BCUT2D eigenvalue weighted by Gasteiger charge is -2.28. The number of hydrogen-bond donors (Lipinski definition) is 0. The maximum absolute atomic E-state index is 2.62. The Bertz CT molecular complexity index is 4060. The molecule has 0 aliphatic heterocycles. The average molecular weight is 907 g/mol. The van der Waals surface area contributed by atoms with Crippen molar-refractivity contribution >= 4 is 86.2 Å². The van der Waals surface area contributed by atoms with Crippen LogP contribution in [0.5, 0.6) is 0 Å². The van der Waals surface area contributed by atoms with Gasteiger partial charge in [-0.15, -0.1) is 0 Å². The van der Waals surface area contributed by atoms with Crippen LogP contribution >= 0.6 is 0 Å². The maximum Gasteiger partial charge on any atom is -0.000719 e. The Morgan fingerprint density at radius 2 is 0.657 bits per heavy atom. The Morgan fingerprint density at radius 1 is 0.257 bits per heavy atom. The summed E-state index contributed by atoms with van der Waals surface area (Å²) >= 11 is 0. The predicted octanol–water partition coefficient (Wildman–Crippen LogP) is 20.6. The van der Waals surface area contributed by atoms with Crippen LogP contribution in [0.3, 0.4) is 0 Å². The van der Waals surface area contributed by atoms with Crippen LogP contribution in [0.25, 0.3) is 120 Å². The topological polar surface area (TPSA) is 0 Å². The van der Waals surface area contributed by atoms with E-state index < -0.39 is 0 Å². The van der Waals surface area contributed by atoms with Gasteiger partial charge in [0.15, 0.2) is 0 Å². The molecule has 0 aliphatic rings. The van der Waals surface area contributed by atoms with Crippen molar-refractivity contribution in [3.8, 4) is 33.4 Å². The number of hydrogen-bond acceptors (Lipinski definition) is 0. The molecule has 0 aromatic heterocycles. The van der Waals surface area contributed by atoms with E-state index in [1.165, 1.54) is 153 Å². The summed E-state index contributed by atoms with van der Waals surface area (Å²) in [5.41, 5.74) is 15.8. The minimum Gasteiger partial charge on any atom is -0.0617 e. The second-order valence-electron chi connectivity index (χ2n) is 25.1. The van der Waals surface area contributed by atoms with E-state index in [-0.39, 0.29) is 21.7 Å². The summed E-state index contributed by atoms with van der Waals surface area (Å²) in [4.78, 5) is 0. The summed E-state index contributed by atoms with van der Waals surface area (Å²) in [6, 6.07) is 57.6. The van der Waals surface area contributed by atoms with Gasteiger partial charge in [-0.3, -0.25) is 0 Å². The SMILES string of the molecule is Cc1cccc(C)c1-c1ccc2c3cc4c(-c5cc(C(C)(C)C)cc(C(C)(C)C)c5)c5c6cccc7c8ccccc8cc(c5c(-c5cc(C(C)(C)C)cc(C(C)(C)C)c5)c4cc3c3cccc1c23)c76. The molecule has 0 bridgehead atoms. The Kier molecular flexibility index (Phi) is 9.45. The molecular formula is C70H66. The number of fused-ring (bicyclic) bond motifs is 9. The molecular weight excluding hydrogens is 841 g/mol. The largest absolute Gasteiger partial charge is 0.0617 e. The van der Waals surface area contributed by atoms with Crippen molar-refractivity contribution < 1.29 is 0 Å². The standard InChI is InChI=1S/C70H66/c1-39-20-17-21-40(2)60(39)52-28-29-53-56-38-57-58(37-55(56)51-26-18-25-50(52)63(51)53)62(43-32-46(69(9,10)11)36-47(33-43)70(12,13)14)66-59-34-41-22-15-16-23-48(41)49-24-19-27-54(64(49)59)65(66)61(57)42-30-44(67(3,4)5)35-45(31-42)68(6,7)8/h15-38H,1-14H3. The molecule has 0 N–H and O–H groups in total. The van der Waals surface area contributed by atoms with E-state index in [1.54, 1.807) is 0 Å². The van der Waals surface area contributed by atoms with Crippen molar-refractivity contribution in [1.29, 1.82) is 0 Å². The Hall–Kier alpha value is -6.76. The molecule has 0 aliphatic carbocycles. The summed E-state index contributed by atoms with van der Waals surface area (Å²) in [6.45, 7) is 33.0. The highest BCUT2D eigenvalue weighted by Crippen LogP contribution is 2.55. The molecule has 12 rings (SSSR count). The molecule has 0 amide bonds. The highest BCUT2D eigenvalue weighted by atomic mass is 14.3. The molecule has 0 radical (unpaired) electrons. The zero-order valence-corrected chi connectivity index (χ0v) is 43.9. The first-order valence-corrected chi connectivity index (χ1v) is 25.7. The van der Waals surface area contributed by atoms with E-state index in [0.717, 1.165) is 0 Å². The van der Waals surface area contributed by atoms with E-state index in [1.807, 2.05) is 0 Å². The molecule has 12 aromatic carbocycles. The normalized spacial score (nSPS) is 13.3. The van der Waals surface area contributed by atoms with E-state index >= 15 is 0 Å². The third-order valence-corrected chi connectivity index (χ3v) is 16.1. The van der Waals surface area contributed by atoms with E-state index in [0.29, 0.717) is 0 Å². The lowest BCUT2D eigenvalue weighted by atomic mass is 9.76. The van der Waals surface area contributed by atoms with Crippen molar-refractivity contribution in [1.82, 2.24) is 0 Å². The molecule has 0 nitrogen and oxygen atoms in total. The van der Waals surface area contributed by atoms with Crippen LogP contribution in [0.4, 0.5) is 0 Å². The zero-order chi connectivity index (χ0) is 49.1. The van der Waals surface area contributed by atoms with Crippen LogP contribution in [0.1, 0.15) is 116 Å². The van der Waals surface area contributed by atoms with Gasteiger partial charge in [-0.2, -0.15) is 0 Å². The van der Waals surface area contributed by atoms with Gasteiger partial charge in [0.25, 0.3) is 0 Å². The first-order valence-electron chi connectivity index (χ1n) is 25.7. The third kappa shape index (κ3) is 6.62. The van der Waals surface area contributed by atoms with Crippen LogP contribution in [0.15, 0.2) is 146 Å². The van der Waals surface area contributed by atoms with Crippen LogP contribution < -0.4 is 0 Å².